The number of hydrogen-bond donors (Lipinski definition) is 0. The van der Waals surface area contributed by atoms with Crippen LogP contribution >= 0.6 is 0 Å². The Morgan fingerprint density at radius 1 is 1.23 bits per heavy atom. The molecule has 1 fully saturated rings. The molecule has 1 saturated heterocycles. The molecule has 1 aliphatic heterocycles. The summed E-state index contributed by atoms with van der Waals surface area (Å²) >= 11 is 0. The molecule has 0 saturated carbocycles. The smallest absolute Gasteiger partial charge is 0.389 e. The molecule has 1 radical (unpaired) electrons. The van der Waals surface area contributed by atoms with Crippen molar-refractivity contribution in [2.75, 3.05) is 31.2 Å². The van der Waals surface area contributed by atoms with E-state index in [9.17, 15) is 0 Å². The van der Waals surface area contributed by atoms with Gasteiger partial charge in [-0.3, -0.25) is 0 Å². The molecular formula is C10H12NORu. The maximum Gasteiger partial charge on any atom is 1.00 e. The van der Waals surface area contributed by atoms with Crippen LogP contribution in [0.3, 0.4) is 0 Å². The van der Waals surface area contributed by atoms with Gasteiger partial charge in [0.15, 0.2) is 0 Å². The standard InChI is InChI=1S/C10H12NO.Ru/c1-2-4-10(5-3-1)11-6-8-12-9-7-11;/h1-4H,6-9H2;/q-1;+1. The zero-order valence-corrected chi connectivity index (χ0v) is 9.08. The van der Waals surface area contributed by atoms with E-state index in [2.05, 4.69) is 17.0 Å². The fourth-order valence-electron chi connectivity index (χ4n) is 1.38. The molecule has 1 aromatic rings. The van der Waals surface area contributed by atoms with Crippen LogP contribution in [0.2, 0.25) is 0 Å². The molecule has 71 valence electrons. The molecule has 13 heavy (non-hydrogen) atoms. The van der Waals surface area contributed by atoms with Crippen LogP contribution in [-0.2, 0) is 24.2 Å². The second kappa shape index (κ2) is 5.36. The zero-order chi connectivity index (χ0) is 8.23. The summed E-state index contributed by atoms with van der Waals surface area (Å²) in [5, 5.41) is 0. The Bertz CT molecular complexity index is 234. The van der Waals surface area contributed by atoms with Crippen LogP contribution in [-0.4, -0.2) is 26.3 Å². The predicted octanol–water partition coefficient (Wildman–Crippen LogP) is 1.32. The minimum Gasteiger partial charge on any atom is -0.389 e. The Morgan fingerprint density at radius 2 is 2.00 bits per heavy atom. The van der Waals surface area contributed by atoms with Gasteiger partial charge in [-0.1, -0.05) is 5.69 Å². The minimum atomic E-state index is 0. The first-order valence-corrected chi connectivity index (χ1v) is 4.26. The normalized spacial score (nSPS) is 16.5. The average Bonchev–Trinajstić information content (AvgIpc) is 2.21. The van der Waals surface area contributed by atoms with E-state index < -0.39 is 0 Å². The molecule has 0 unspecified atom stereocenters. The first kappa shape index (κ1) is 10.7. The topological polar surface area (TPSA) is 12.5 Å². The summed E-state index contributed by atoms with van der Waals surface area (Å²) in [5.41, 5.74) is 1.18. The third kappa shape index (κ3) is 2.78. The third-order valence-electron chi connectivity index (χ3n) is 2.04. The molecule has 1 aliphatic rings. The molecule has 0 amide bonds. The van der Waals surface area contributed by atoms with E-state index in [1.54, 1.807) is 0 Å². The number of rotatable bonds is 1. The number of ether oxygens (including phenoxy) is 1. The van der Waals surface area contributed by atoms with Crippen molar-refractivity contribution in [1.82, 2.24) is 0 Å². The number of morpholine rings is 1. The van der Waals surface area contributed by atoms with Crippen molar-refractivity contribution in [3.05, 3.63) is 30.3 Å². The fourth-order valence-corrected chi connectivity index (χ4v) is 1.38. The fraction of sp³-hybridized carbons (Fsp3) is 0.400. The Morgan fingerprint density at radius 3 is 2.62 bits per heavy atom. The molecule has 1 aromatic carbocycles. The Labute approximate surface area is 91.6 Å². The first-order valence-electron chi connectivity index (χ1n) is 4.26. The van der Waals surface area contributed by atoms with Crippen LogP contribution in [0.15, 0.2) is 24.3 Å². The van der Waals surface area contributed by atoms with Gasteiger partial charge in [0.05, 0.1) is 13.2 Å². The number of nitrogens with zero attached hydrogens (tertiary/aromatic N) is 1. The van der Waals surface area contributed by atoms with Crippen molar-refractivity contribution < 1.29 is 24.2 Å². The molecule has 0 aliphatic carbocycles. The summed E-state index contributed by atoms with van der Waals surface area (Å²) in [6.45, 7) is 3.65. The third-order valence-corrected chi connectivity index (χ3v) is 2.04. The Kier molecular flexibility index (Phi) is 4.40. The van der Waals surface area contributed by atoms with Crippen LogP contribution in [0.4, 0.5) is 5.69 Å². The number of benzene rings is 1. The van der Waals surface area contributed by atoms with Gasteiger partial charge in [0, 0.05) is 13.1 Å². The summed E-state index contributed by atoms with van der Waals surface area (Å²) in [4.78, 5) is 2.30. The van der Waals surface area contributed by atoms with E-state index in [-0.39, 0.29) is 19.5 Å². The van der Waals surface area contributed by atoms with Gasteiger partial charge in [-0.05, 0) is 0 Å². The van der Waals surface area contributed by atoms with E-state index >= 15 is 0 Å². The summed E-state index contributed by atoms with van der Waals surface area (Å²) in [7, 11) is 0. The average molecular weight is 263 g/mol. The Balaban J connectivity index is 0.000000845. The summed E-state index contributed by atoms with van der Waals surface area (Å²) < 4.78 is 5.27. The van der Waals surface area contributed by atoms with Crippen molar-refractivity contribution in [2.45, 2.75) is 0 Å². The maximum atomic E-state index is 5.27. The predicted molar refractivity (Wildman–Crippen MR) is 48.3 cm³/mol. The van der Waals surface area contributed by atoms with E-state index in [0.29, 0.717) is 0 Å². The van der Waals surface area contributed by atoms with Crippen LogP contribution in [0, 0.1) is 6.07 Å². The molecule has 2 nitrogen and oxygen atoms in total. The monoisotopic (exact) mass is 264 g/mol. The molecule has 2 rings (SSSR count). The van der Waals surface area contributed by atoms with Crippen molar-refractivity contribution in [2.24, 2.45) is 0 Å². The van der Waals surface area contributed by atoms with Gasteiger partial charge in [-0.25, -0.2) is 0 Å². The van der Waals surface area contributed by atoms with E-state index in [1.165, 1.54) is 5.69 Å². The van der Waals surface area contributed by atoms with Crippen molar-refractivity contribution >= 4 is 5.69 Å². The molecule has 0 atom stereocenters. The van der Waals surface area contributed by atoms with E-state index in [4.69, 9.17) is 4.74 Å². The van der Waals surface area contributed by atoms with Gasteiger partial charge >= 0.3 is 19.5 Å². The van der Waals surface area contributed by atoms with Gasteiger partial charge in [0.2, 0.25) is 0 Å². The molecule has 0 aromatic heterocycles. The molecular weight excluding hydrogens is 251 g/mol. The quantitative estimate of drug-likeness (QED) is 0.560. The molecule has 1 heterocycles. The van der Waals surface area contributed by atoms with Crippen molar-refractivity contribution in [1.29, 1.82) is 0 Å². The number of anilines is 1. The second-order valence-corrected chi connectivity index (χ2v) is 2.85. The van der Waals surface area contributed by atoms with Crippen LogP contribution in [0.1, 0.15) is 0 Å². The van der Waals surface area contributed by atoms with Gasteiger partial charge in [0.1, 0.15) is 0 Å². The summed E-state index contributed by atoms with van der Waals surface area (Å²) in [5.74, 6) is 0. The maximum absolute atomic E-state index is 5.27. The van der Waals surface area contributed by atoms with Gasteiger partial charge < -0.3 is 9.64 Å². The second-order valence-electron chi connectivity index (χ2n) is 2.85. The SMILES string of the molecule is [Ru+].[c-]1ccccc1N1CCOCC1. The van der Waals surface area contributed by atoms with Crippen LogP contribution < -0.4 is 4.90 Å². The number of hydrogen-bond acceptors (Lipinski definition) is 2. The van der Waals surface area contributed by atoms with Crippen LogP contribution in [0.25, 0.3) is 0 Å². The summed E-state index contributed by atoms with van der Waals surface area (Å²) in [6, 6.07) is 11.3. The van der Waals surface area contributed by atoms with E-state index in [0.717, 1.165) is 26.3 Å². The van der Waals surface area contributed by atoms with Gasteiger partial charge in [-0.15, -0.1) is 6.07 Å². The molecule has 0 N–H and O–H groups in total. The molecule has 3 heteroatoms. The van der Waals surface area contributed by atoms with Gasteiger partial charge in [-0.2, -0.15) is 24.3 Å². The Hall–Kier alpha value is -0.397. The van der Waals surface area contributed by atoms with Crippen molar-refractivity contribution in [3.8, 4) is 0 Å². The number of para-hydroxylation sites is 1. The zero-order valence-electron chi connectivity index (χ0n) is 7.35. The first-order chi connectivity index (χ1) is 5.97. The largest absolute Gasteiger partial charge is 1.00 e. The summed E-state index contributed by atoms with van der Waals surface area (Å²) in [6.07, 6.45) is 0. The van der Waals surface area contributed by atoms with Crippen LogP contribution in [0.5, 0.6) is 0 Å². The van der Waals surface area contributed by atoms with E-state index in [1.807, 2.05) is 18.2 Å². The minimum absolute atomic E-state index is 0. The van der Waals surface area contributed by atoms with Gasteiger partial charge in [0.25, 0.3) is 0 Å². The van der Waals surface area contributed by atoms with Crippen molar-refractivity contribution in [3.63, 3.8) is 0 Å². The molecule has 0 bridgehead atoms. The molecule has 0 spiro atoms.